The first-order valence-electron chi connectivity index (χ1n) is 33.5. The Kier molecular flexibility index (Phi) is 48.8. The fourth-order valence-corrected chi connectivity index (χ4v) is 10.1. The first kappa shape index (κ1) is 88.0. The van der Waals surface area contributed by atoms with Gasteiger partial charge in [0.1, 0.15) is 13.2 Å². The Bertz CT molecular complexity index is 2330. The van der Waals surface area contributed by atoms with Crippen molar-refractivity contribution in [2.24, 2.45) is 0 Å². The Balaban J connectivity index is 6.14. The molecule has 30 heteroatoms. The summed E-state index contributed by atoms with van der Waals surface area (Å²) in [5.74, 6) is -13.8. The molecule has 548 valence electrons. The van der Waals surface area contributed by atoms with Crippen LogP contribution in [0.3, 0.4) is 0 Å². The first-order chi connectivity index (χ1) is 45.5. The van der Waals surface area contributed by atoms with Crippen LogP contribution in [-0.4, -0.2) is 195 Å². The lowest BCUT2D eigenvalue weighted by Crippen LogP contribution is -2.58. The number of nitrogens with one attached hydrogen (secondary N) is 4. The van der Waals surface area contributed by atoms with Crippen molar-refractivity contribution >= 4 is 89.2 Å². The van der Waals surface area contributed by atoms with Crippen molar-refractivity contribution in [1.82, 2.24) is 26.2 Å². The maximum atomic E-state index is 14.1. The summed E-state index contributed by atoms with van der Waals surface area (Å²) in [5.41, 5.74) is 0. The molecule has 0 bridgehead atoms. The lowest BCUT2D eigenvalue weighted by atomic mass is 10.0. The van der Waals surface area contributed by atoms with E-state index in [1.54, 1.807) is 0 Å². The molecule has 96 heavy (non-hydrogen) atoms. The summed E-state index contributed by atoms with van der Waals surface area (Å²) in [6.07, 6.45) is 8.34. The Hall–Kier alpha value is -7.95. The van der Waals surface area contributed by atoms with Gasteiger partial charge in [0.15, 0.2) is 36.6 Å². The molecule has 0 aromatic heterocycles. The molecular formula is C66H109N5O25. The Morgan fingerprint density at radius 3 is 0.885 bits per heavy atom. The van der Waals surface area contributed by atoms with Gasteiger partial charge in [0.2, 0.25) is 29.9 Å². The highest BCUT2D eigenvalue weighted by Crippen LogP contribution is 2.23. The maximum Gasteiger partial charge on any atom is 0.303 e. The van der Waals surface area contributed by atoms with Crippen LogP contribution in [0.2, 0.25) is 0 Å². The topological polar surface area (TPSA) is 400 Å². The van der Waals surface area contributed by atoms with Crippen molar-refractivity contribution < 1.29 is 119 Å². The summed E-state index contributed by atoms with van der Waals surface area (Å²) in [7, 11) is 0. The monoisotopic (exact) mass is 1370 g/mol. The average Bonchev–Trinajstić information content (AvgIpc) is 0.831. The number of hydrogen-bond donors (Lipinski definition) is 4. The van der Waals surface area contributed by atoms with Crippen molar-refractivity contribution in [3.05, 3.63) is 0 Å². The van der Waals surface area contributed by atoms with Gasteiger partial charge in [-0.1, -0.05) is 122 Å². The Morgan fingerprint density at radius 2 is 0.583 bits per heavy atom. The minimum atomic E-state index is -2.19. The van der Waals surface area contributed by atoms with E-state index in [1.165, 1.54) is 89.9 Å². The van der Waals surface area contributed by atoms with Crippen LogP contribution in [0.15, 0.2) is 0 Å². The number of hydrogen-bond acceptors (Lipinski definition) is 25. The van der Waals surface area contributed by atoms with E-state index in [-0.39, 0.29) is 12.3 Å². The van der Waals surface area contributed by atoms with Crippen molar-refractivity contribution in [2.75, 3.05) is 52.5 Å². The normalized spacial score (nSPS) is 13.3. The highest BCUT2D eigenvalue weighted by atomic mass is 16.7. The fraction of sp³-hybridized carbons (Fsp3) is 0.773. The van der Waals surface area contributed by atoms with Gasteiger partial charge in [-0.2, -0.15) is 0 Å². The van der Waals surface area contributed by atoms with Gasteiger partial charge in [0.05, 0.1) is 0 Å². The molecule has 0 rings (SSSR count). The number of rotatable bonds is 54. The third-order valence-electron chi connectivity index (χ3n) is 14.4. The van der Waals surface area contributed by atoms with E-state index in [2.05, 4.69) is 21.3 Å². The Morgan fingerprint density at radius 1 is 0.292 bits per heavy atom. The molecule has 0 radical (unpaired) electrons. The number of ether oxygens (including phenoxy) is 10. The largest absolute Gasteiger partial charge is 0.462 e. The van der Waals surface area contributed by atoms with E-state index in [4.69, 9.17) is 47.4 Å². The molecule has 0 saturated heterocycles. The number of carbonyl (C=O) groups is 15. The quantitative estimate of drug-likeness (QED) is 0.0343. The molecule has 0 aromatic carbocycles. The van der Waals surface area contributed by atoms with Gasteiger partial charge >= 0.3 is 59.7 Å². The van der Waals surface area contributed by atoms with E-state index in [1.807, 2.05) is 6.92 Å². The second kappa shape index (κ2) is 53.2. The predicted octanol–water partition coefficient (Wildman–Crippen LogP) is 5.24. The van der Waals surface area contributed by atoms with Crippen LogP contribution < -0.4 is 21.3 Å². The number of amides is 5. The van der Waals surface area contributed by atoms with Gasteiger partial charge in [-0.15, -0.1) is 0 Å². The van der Waals surface area contributed by atoms with Crippen LogP contribution in [-0.2, 0) is 119 Å². The molecule has 30 nitrogen and oxygen atoms in total. The molecule has 4 N–H and O–H groups in total. The van der Waals surface area contributed by atoms with E-state index in [0.29, 0.717) is 25.9 Å². The molecule has 5 amide bonds. The minimum absolute atomic E-state index is 0.153. The molecule has 0 aliphatic rings. The fourth-order valence-electron chi connectivity index (χ4n) is 10.1. The van der Waals surface area contributed by atoms with Crippen LogP contribution in [0.25, 0.3) is 0 Å². The lowest BCUT2D eigenvalue weighted by Gasteiger charge is -2.35. The van der Waals surface area contributed by atoms with Gasteiger partial charge in [-0.3, -0.25) is 71.9 Å². The maximum absolute atomic E-state index is 14.1. The Labute approximate surface area is 564 Å². The zero-order valence-corrected chi connectivity index (χ0v) is 58.4. The third kappa shape index (κ3) is 45.4. The highest BCUT2D eigenvalue weighted by molar-refractivity contribution is 5.87. The predicted molar refractivity (Wildman–Crippen MR) is 343 cm³/mol. The van der Waals surface area contributed by atoms with Crippen molar-refractivity contribution in [1.29, 1.82) is 0 Å². The minimum Gasteiger partial charge on any atom is -0.462 e. The number of carbonyl (C=O) groups excluding carboxylic acids is 15. The average molecular weight is 1370 g/mol. The summed E-state index contributed by atoms with van der Waals surface area (Å²) in [6.45, 7) is 8.78. The first-order valence-corrected chi connectivity index (χ1v) is 33.5. The van der Waals surface area contributed by atoms with Crippen molar-refractivity contribution in [3.63, 3.8) is 0 Å². The van der Waals surface area contributed by atoms with Gasteiger partial charge < -0.3 is 73.5 Å². The van der Waals surface area contributed by atoms with Crippen LogP contribution in [0, 0.1) is 0 Å². The van der Waals surface area contributed by atoms with Crippen LogP contribution in [0.5, 0.6) is 0 Å². The van der Waals surface area contributed by atoms with Crippen molar-refractivity contribution in [2.45, 2.75) is 279 Å². The highest BCUT2D eigenvalue weighted by Gasteiger charge is 2.48. The van der Waals surface area contributed by atoms with Gasteiger partial charge in [0.25, 0.3) is 11.8 Å². The third-order valence-corrected chi connectivity index (χ3v) is 14.4. The van der Waals surface area contributed by atoms with E-state index >= 15 is 0 Å². The van der Waals surface area contributed by atoms with E-state index in [9.17, 15) is 71.9 Å². The van der Waals surface area contributed by atoms with Crippen LogP contribution >= 0.6 is 0 Å². The SMILES string of the molecule is CCNC(=O)CCCCCCCCCCCCCCCCCCCCCCCNC(=O)CCC(=O)N(CCNC(=O)[C@@H](OC(C)=O)[C@H](OC(C)=O)[C@@H](OC(C)=O)[C@@H](COC(C)=O)OC(C)=O)CCNC(=O)[C@H](OC(C)=O)[C@@H](OC(C)=O)[C@H](OC(C)=O)[C@H](COC(C)=O)OC(C)=O. The summed E-state index contributed by atoms with van der Waals surface area (Å²) >= 11 is 0. The number of nitrogens with zero attached hydrogens (tertiary/aromatic N) is 1. The molecule has 0 saturated carbocycles. The molecule has 0 spiro atoms. The zero-order chi connectivity index (χ0) is 72.4. The smallest absolute Gasteiger partial charge is 0.303 e. The van der Waals surface area contributed by atoms with Crippen LogP contribution in [0.1, 0.15) is 230 Å². The van der Waals surface area contributed by atoms with Crippen LogP contribution in [0.4, 0.5) is 0 Å². The molecule has 0 heterocycles. The standard InChI is InChI=1S/C66H109N5O25/c1-12-67-56(82)34-32-30-28-26-24-22-20-18-16-14-13-15-17-19-21-23-25-27-29-31-33-37-68-57(83)35-36-58(84)71(40-38-69-65(85)63(95-52(10)80)61(93-50(8)78)59(91-48(6)76)54(89-46(4)74)42-87-44(2)72)41-39-70-66(86)64(96-53(11)81)62(94-51(9)79)60(92-49(7)77)55(90-47(5)75)43-88-45(3)73/h54-55,59-64H,12-43H2,1-11H3,(H,67,82)(H,68,83)(H,69,85)(H,70,86)/t54-,55+,59+,60-,61-,62+,63+,64-. The molecule has 0 aromatic rings. The second-order valence-electron chi connectivity index (χ2n) is 23.2. The zero-order valence-electron chi connectivity index (χ0n) is 58.4. The van der Waals surface area contributed by atoms with Gasteiger partial charge in [-0.25, -0.2) is 0 Å². The van der Waals surface area contributed by atoms with Gasteiger partial charge in [-0.05, 0) is 19.8 Å². The van der Waals surface area contributed by atoms with E-state index < -0.39 is 178 Å². The lowest BCUT2D eigenvalue weighted by molar-refractivity contribution is -0.203. The van der Waals surface area contributed by atoms with Crippen molar-refractivity contribution in [3.8, 4) is 0 Å². The molecule has 0 fully saturated rings. The molecular weight excluding hydrogens is 1260 g/mol. The van der Waals surface area contributed by atoms with Gasteiger partial charge in [0, 0.05) is 128 Å². The second-order valence-corrected chi connectivity index (χ2v) is 23.2. The molecule has 0 unspecified atom stereocenters. The van der Waals surface area contributed by atoms with E-state index in [0.717, 1.165) is 113 Å². The summed E-state index contributed by atoms with van der Waals surface area (Å²) < 4.78 is 52.5. The number of unbranched alkanes of at least 4 members (excludes halogenated alkanes) is 20. The summed E-state index contributed by atoms with van der Waals surface area (Å²) in [5, 5.41) is 10.5. The number of esters is 10. The summed E-state index contributed by atoms with van der Waals surface area (Å²) in [4.78, 5) is 191. The summed E-state index contributed by atoms with van der Waals surface area (Å²) in [6, 6.07) is 0. The molecule has 0 aliphatic carbocycles. The molecule has 8 atom stereocenters. The molecule has 0 aliphatic heterocycles.